The Morgan fingerprint density at radius 3 is 2.36 bits per heavy atom. The largest absolute Gasteiger partial charge is 0.466 e. The number of hydrogen-bond acceptors (Lipinski definition) is 5. The van der Waals surface area contributed by atoms with E-state index in [1.807, 2.05) is 0 Å². The zero-order valence-electron chi connectivity index (χ0n) is 8.40. The van der Waals surface area contributed by atoms with Gasteiger partial charge in [-0.1, -0.05) is 11.2 Å². The second-order valence-corrected chi connectivity index (χ2v) is 2.69. The Balaban J connectivity index is 4.42. The molecule has 0 amide bonds. The molecule has 0 atom stereocenters. The zero-order valence-corrected chi connectivity index (χ0v) is 8.40. The van der Waals surface area contributed by atoms with Gasteiger partial charge in [-0.15, -0.1) is 0 Å². The van der Waals surface area contributed by atoms with E-state index in [1.165, 1.54) is 20.1 Å². The lowest BCUT2D eigenvalue weighted by Crippen LogP contribution is -2.10. The van der Waals surface area contributed by atoms with Crippen LogP contribution < -0.4 is 0 Å². The van der Waals surface area contributed by atoms with Crippen molar-refractivity contribution in [3.63, 3.8) is 0 Å². The summed E-state index contributed by atoms with van der Waals surface area (Å²) < 4.78 is 4.44. The van der Waals surface area contributed by atoms with Gasteiger partial charge in [-0.2, -0.15) is 0 Å². The smallest absolute Gasteiger partial charge is 0.333 e. The lowest BCUT2D eigenvalue weighted by Gasteiger charge is -1.98. The number of methoxy groups -OCH3 is 1. The molecule has 0 saturated carbocycles. The lowest BCUT2D eigenvalue weighted by atomic mass is 10.1. The van der Waals surface area contributed by atoms with Crippen molar-refractivity contribution in [3.8, 4) is 0 Å². The van der Waals surface area contributed by atoms with Crippen molar-refractivity contribution >= 4 is 17.5 Å². The summed E-state index contributed by atoms with van der Waals surface area (Å²) in [4.78, 5) is 21.7. The number of ketones is 1. The highest BCUT2D eigenvalue weighted by Crippen LogP contribution is 2.00. The molecular formula is C9H13NO4. The molecule has 0 heterocycles. The molecule has 0 fully saturated rings. The van der Waals surface area contributed by atoms with Gasteiger partial charge in [-0.25, -0.2) is 4.79 Å². The molecule has 0 aromatic rings. The summed E-state index contributed by atoms with van der Waals surface area (Å²) in [5.74, 6) is -0.799. The van der Waals surface area contributed by atoms with Crippen molar-refractivity contribution in [2.45, 2.75) is 20.3 Å². The van der Waals surface area contributed by atoms with Crippen LogP contribution >= 0.6 is 0 Å². The van der Waals surface area contributed by atoms with Crippen molar-refractivity contribution in [2.24, 2.45) is 5.16 Å². The quantitative estimate of drug-likeness (QED) is 0.240. The number of ether oxygens (including phenoxy) is 1. The van der Waals surface area contributed by atoms with Gasteiger partial charge >= 0.3 is 5.97 Å². The third-order valence-electron chi connectivity index (χ3n) is 1.64. The minimum absolute atomic E-state index is 0.00764. The Morgan fingerprint density at radius 2 is 2.00 bits per heavy atom. The third kappa shape index (κ3) is 3.84. The van der Waals surface area contributed by atoms with Gasteiger partial charge in [0.1, 0.15) is 5.71 Å². The van der Waals surface area contributed by atoms with Gasteiger partial charge in [0.2, 0.25) is 0 Å². The van der Waals surface area contributed by atoms with Crippen LogP contribution in [0.1, 0.15) is 20.3 Å². The fraction of sp³-hybridized carbons (Fsp3) is 0.444. The van der Waals surface area contributed by atoms with Gasteiger partial charge in [0.15, 0.2) is 5.78 Å². The second kappa shape index (κ2) is 5.90. The molecule has 0 aliphatic rings. The fourth-order valence-corrected chi connectivity index (χ4v) is 0.749. The summed E-state index contributed by atoms with van der Waals surface area (Å²) >= 11 is 0. The molecule has 5 heteroatoms. The van der Waals surface area contributed by atoms with Crippen molar-refractivity contribution in [2.75, 3.05) is 7.11 Å². The van der Waals surface area contributed by atoms with Gasteiger partial charge in [-0.3, -0.25) is 4.79 Å². The monoisotopic (exact) mass is 199 g/mol. The highest BCUT2D eigenvalue weighted by molar-refractivity contribution is 6.39. The van der Waals surface area contributed by atoms with Gasteiger partial charge in [0, 0.05) is 18.9 Å². The summed E-state index contributed by atoms with van der Waals surface area (Å²) in [6, 6.07) is 0. The van der Waals surface area contributed by atoms with Crippen molar-refractivity contribution in [1.82, 2.24) is 0 Å². The third-order valence-corrected chi connectivity index (χ3v) is 1.64. The van der Waals surface area contributed by atoms with Crippen LogP contribution in [0.3, 0.4) is 0 Å². The number of allylic oxidation sites excluding steroid dienone is 1. The first-order chi connectivity index (χ1) is 6.52. The highest BCUT2D eigenvalue weighted by Gasteiger charge is 2.07. The topological polar surface area (TPSA) is 76.0 Å². The summed E-state index contributed by atoms with van der Waals surface area (Å²) in [5, 5.41) is 11.2. The van der Waals surface area contributed by atoms with Crippen LogP contribution in [0.25, 0.3) is 0 Å². The van der Waals surface area contributed by atoms with Crippen molar-refractivity contribution in [1.29, 1.82) is 0 Å². The first-order valence-electron chi connectivity index (χ1n) is 3.99. The van der Waals surface area contributed by atoms with E-state index in [0.717, 1.165) is 0 Å². The van der Waals surface area contributed by atoms with E-state index in [-0.39, 0.29) is 17.9 Å². The molecule has 0 bridgehead atoms. The normalized spacial score (nSPS) is 12.5. The average molecular weight is 199 g/mol. The van der Waals surface area contributed by atoms with Crippen LogP contribution in [0.4, 0.5) is 0 Å². The van der Waals surface area contributed by atoms with E-state index in [2.05, 4.69) is 9.89 Å². The Bertz CT molecular complexity index is 291. The van der Waals surface area contributed by atoms with Crippen LogP contribution in [-0.2, 0) is 14.3 Å². The van der Waals surface area contributed by atoms with E-state index < -0.39 is 5.97 Å². The van der Waals surface area contributed by atoms with Crippen LogP contribution in [0.15, 0.2) is 16.8 Å². The SMILES string of the molecule is COC(=O)C(C)=CCC(=NO)C(C)=O. The molecule has 0 spiro atoms. The molecule has 1 N–H and O–H groups in total. The number of carbonyl (C=O) groups is 2. The van der Waals surface area contributed by atoms with Crippen molar-refractivity contribution < 1.29 is 19.5 Å². The van der Waals surface area contributed by atoms with Crippen LogP contribution in [0, 0.1) is 0 Å². The molecule has 14 heavy (non-hydrogen) atoms. The maximum Gasteiger partial charge on any atom is 0.333 e. The predicted molar refractivity (Wildman–Crippen MR) is 50.3 cm³/mol. The van der Waals surface area contributed by atoms with Gasteiger partial charge in [0.25, 0.3) is 0 Å². The molecule has 78 valence electrons. The molecule has 0 saturated heterocycles. The maximum absolute atomic E-state index is 10.9. The maximum atomic E-state index is 10.9. The number of Topliss-reactive ketones (excluding diaryl/α,β-unsaturated/α-hetero) is 1. The summed E-state index contributed by atoms with van der Waals surface area (Å²) in [5.41, 5.74) is 0.378. The number of hydrogen-bond donors (Lipinski definition) is 1. The van der Waals surface area contributed by atoms with Gasteiger partial charge in [-0.05, 0) is 6.92 Å². The minimum Gasteiger partial charge on any atom is -0.466 e. The Morgan fingerprint density at radius 1 is 1.43 bits per heavy atom. The first-order valence-corrected chi connectivity index (χ1v) is 3.99. The Labute approximate surface area is 82.0 Å². The number of oxime groups is 1. The van der Waals surface area contributed by atoms with E-state index >= 15 is 0 Å². The molecule has 0 aromatic heterocycles. The van der Waals surface area contributed by atoms with E-state index in [4.69, 9.17) is 5.21 Å². The fourth-order valence-electron chi connectivity index (χ4n) is 0.749. The molecular weight excluding hydrogens is 186 g/mol. The highest BCUT2D eigenvalue weighted by atomic mass is 16.5. The molecule has 0 rings (SSSR count). The van der Waals surface area contributed by atoms with Gasteiger partial charge < -0.3 is 9.94 Å². The molecule has 0 unspecified atom stereocenters. The zero-order chi connectivity index (χ0) is 11.1. The van der Waals surface area contributed by atoms with E-state index in [9.17, 15) is 9.59 Å². The van der Waals surface area contributed by atoms with Crippen LogP contribution in [0.5, 0.6) is 0 Å². The molecule has 0 aliphatic carbocycles. The summed E-state index contributed by atoms with van der Waals surface area (Å²) in [7, 11) is 1.27. The standard InChI is InChI=1S/C9H13NO4/c1-6(9(12)14-3)4-5-8(10-13)7(2)11/h4,13H,5H2,1-3H3. The average Bonchev–Trinajstić information content (AvgIpc) is 2.16. The van der Waals surface area contributed by atoms with Crippen LogP contribution in [-0.4, -0.2) is 29.8 Å². The Kier molecular flexibility index (Phi) is 5.21. The molecule has 0 radical (unpaired) electrons. The van der Waals surface area contributed by atoms with Gasteiger partial charge in [0.05, 0.1) is 7.11 Å². The molecule has 5 nitrogen and oxygen atoms in total. The number of esters is 1. The van der Waals surface area contributed by atoms with E-state index in [0.29, 0.717) is 5.57 Å². The Hall–Kier alpha value is -1.65. The van der Waals surface area contributed by atoms with E-state index in [1.54, 1.807) is 6.92 Å². The van der Waals surface area contributed by atoms with Crippen molar-refractivity contribution in [3.05, 3.63) is 11.6 Å². The minimum atomic E-state index is -0.467. The molecule has 0 aromatic carbocycles. The molecule has 0 aliphatic heterocycles. The van der Waals surface area contributed by atoms with Crippen LogP contribution in [0.2, 0.25) is 0 Å². The lowest BCUT2D eigenvalue weighted by molar-refractivity contribution is -0.136. The number of carbonyl (C=O) groups excluding carboxylic acids is 2. The predicted octanol–water partition coefficient (Wildman–Crippen LogP) is 0.915. The number of rotatable bonds is 4. The second-order valence-electron chi connectivity index (χ2n) is 2.69. The summed E-state index contributed by atoms with van der Waals surface area (Å²) in [6.07, 6.45) is 1.59. The first kappa shape index (κ1) is 12.3. The summed E-state index contributed by atoms with van der Waals surface area (Å²) in [6.45, 7) is 2.84. The number of nitrogens with zero attached hydrogens (tertiary/aromatic N) is 1.